The van der Waals surface area contributed by atoms with Crippen molar-refractivity contribution in [2.75, 3.05) is 0 Å². The fourth-order valence-electron chi connectivity index (χ4n) is 1.23. The molecule has 15 heavy (non-hydrogen) atoms. The van der Waals surface area contributed by atoms with Crippen LogP contribution in [0.1, 0.15) is 15.9 Å². The summed E-state index contributed by atoms with van der Waals surface area (Å²) in [4.78, 5) is 11.8. The van der Waals surface area contributed by atoms with E-state index in [0.29, 0.717) is 11.1 Å². The van der Waals surface area contributed by atoms with Crippen molar-refractivity contribution < 1.29 is 9.18 Å². The highest BCUT2D eigenvalue weighted by Crippen LogP contribution is 2.22. The molecule has 0 bridgehead atoms. The van der Waals surface area contributed by atoms with Crippen LogP contribution in [0, 0.1) is 5.82 Å². The molecule has 76 valence electrons. The van der Waals surface area contributed by atoms with Crippen LogP contribution in [0.3, 0.4) is 0 Å². The number of ketones is 1. The molecule has 1 aromatic heterocycles. The van der Waals surface area contributed by atoms with Crippen molar-refractivity contribution in [1.29, 1.82) is 0 Å². The summed E-state index contributed by atoms with van der Waals surface area (Å²) in [5.74, 6) is -0.549. The van der Waals surface area contributed by atoms with E-state index in [-0.39, 0.29) is 5.78 Å². The van der Waals surface area contributed by atoms with Gasteiger partial charge in [-0.05, 0) is 34.1 Å². The zero-order valence-electron chi connectivity index (χ0n) is 7.54. The van der Waals surface area contributed by atoms with Crippen LogP contribution in [-0.2, 0) is 0 Å². The Kier molecular flexibility index (Phi) is 2.98. The maximum absolute atomic E-state index is 12.9. The summed E-state index contributed by atoms with van der Waals surface area (Å²) in [6.45, 7) is 0. The van der Waals surface area contributed by atoms with Crippen LogP contribution in [0.25, 0.3) is 0 Å². The van der Waals surface area contributed by atoms with E-state index in [1.165, 1.54) is 29.5 Å². The second-order valence-electron chi connectivity index (χ2n) is 2.98. The summed E-state index contributed by atoms with van der Waals surface area (Å²) in [6, 6.07) is 7.44. The maximum Gasteiger partial charge on any atom is 0.194 e. The Hall–Kier alpha value is -1.00. The van der Waals surface area contributed by atoms with Crippen molar-refractivity contribution in [3.05, 3.63) is 56.4 Å². The van der Waals surface area contributed by atoms with E-state index in [0.717, 1.165) is 3.79 Å². The van der Waals surface area contributed by atoms with Gasteiger partial charge >= 0.3 is 0 Å². The predicted molar refractivity (Wildman–Crippen MR) is 61.9 cm³/mol. The molecule has 1 aromatic carbocycles. The molecule has 0 aliphatic heterocycles. The highest BCUT2D eigenvalue weighted by molar-refractivity contribution is 9.11. The summed E-state index contributed by atoms with van der Waals surface area (Å²) < 4.78 is 13.8. The van der Waals surface area contributed by atoms with Crippen LogP contribution >= 0.6 is 27.3 Å². The third-order valence-electron chi connectivity index (χ3n) is 1.92. The van der Waals surface area contributed by atoms with Gasteiger partial charge in [-0.15, -0.1) is 11.3 Å². The average Bonchev–Trinajstić information content (AvgIpc) is 2.64. The molecule has 0 aliphatic carbocycles. The summed E-state index contributed by atoms with van der Waals surface area (Å²) >= 11 is 4.71. The van der Waals surface area contributed by atoms with Crippen molar-refractivity contribution in [1.82, 2.24) is 0 Å². The van der Waals surface area contributed by atoms with E-state index in [1.807, 2.05) is 0 Å². The molecular formula is C11H6BrFOS. The first-order valence-corrected chi connectivity index (χ1v) is 5.88. The van der Waals surface area contributed by atoms with E-state index in [2.05, 4.69) is 15.9 Å². The summed E-state index contributed by atoms with van der Waals surface area (Å²) in [5, 5.41) is 1.75. The van der Waals surface area contributed by atoms with Gasteiger partial charge in [-0.3, -0.25) is 4.79 Å². The number of carbonyl (C=O) groups is 1. The second kappa shape index (κ2) is 4.24. The number of halogens is 2. The summed E-state index contributed by atoms with van der Waals surface area (Å²) in [6.07, 6.45) is 0. The van der Waals surface area contributed by atoms with Crippen LogP contribution in [0.15, 0.2) is 39.5 Å². The minimum absolute atomic E-state index is 0.156. The molecule has 0 atom stereocenters. The SMILES string of the molecule is O=C(c1cccc(F)c1)c1csc(Br)c1. The number of thiophene rings is 1. The zero-order valence-corrected chi connectivity index (χ0v) is 9.94. The molecule has 0 saturated heterocycles. The topological polar surface area (TPSA) is 17.1 Å². The minimum atomic E-state index is -0.393. The molecule has 1 nitrogen and oxygen atoms in total. The lowest BCUT2D eigenvalue weighted by Crippen LogP contribution is -1.99. The number of benzene rings is 1. The highest BCUT2D eigenvalue weighted by Gasteiger charge is 2.11. The van der Waals surface area contributed by atoms with Crippen LogP contribution in [0.2, 0.25) is 0 Å². The first-order chi connectivity index (χ1) is 7.16. The molecule has 2 aromatic rings. The van der Waals surface area contributed by atoms with E-state index in [1.54, 1.807) is 17.5 Å². The molecule has 0 radical (unpaired) electrons. The predicted octanol–water partition coefficient (Wildman–Crippen LogP) is 3.88. The van der Waals surface area contributed by atoms with Gasteiger partial charge in [-0.1, -0.05) is 12.1 Å². The van der Waals surface area contributed by atoms with E-state index in [4.69, 9.17) is 0 Å². The fraction of sp³-hybridized carbons (Fsp3) is 0. The van der Waals surface area contributed by atoms with Gasteiger partial charge in [-0.25, -0.2) is 4.39 Å². The molecule has 0 N–H and O–H groups in total. The molecule has 0 saturated carbocycles. The van der Waals surface area contributed by atoms with Gasteiger partial charge in [-0.2, -0.15) is 0 Å². The number of carbonyl (C=O) groups excluding carboxylic acids is 1. The Morgan fingerprint density at radius 3 is 2.67 bits per heavy atom. The lowest BCUT2D eigenvalue weighted by Gasteiger charge is -1.97. The van der Waals surface area contributed by atoms with Gasteiger partial charge in [0.1, 0.15) is 5.82 Å². The largest absolute Gasteiger partial charge is 0.289 e. The molecule has 0 fully saturated rings. The van der Waals surface area contributed by atoms with Crippen LogP contribution in [0.4, 0.5) is 4.39 Å². The molecule has 0 spiro atoms. The van der Waals surface area contributed by atoms with E-state index >= 15 is 0 Å². The average molecular weight is 285 g/mol. The van der Waals surface area contributed by atoms with E-state index in [9.17, 15) is 9.18 Å². The Morgan fingerprint density at radius 2 is 2.07 bits per heavy atom. The lowest BCUT2D eigenvalue weighted by atomic mass is 10.1. The third-order valence-corrected chi connectivity index (χ3v) is 3.42. The quantitative estimate of drug-likeness (QED) is 0.765. The Balaban J connectivity index is 2.36. The second-order valence-corrected chi connectivity index (χ2v) is 5.27. The smallest absolute Gasteiger partial charge is 0.194 e. The van der Waals surface area contributed by atoms with Gasteiger partial charge in [0.25, 0.3) is 0 Å². The Bertz CT molecular complexity index is 507. The van der Waals surface area contributed by atoms with Crippen molar-refractivity contribution in [2.45, 2.75) is 0 Å². The Labute approximate surface area is 98.7 Å². The first kappa shape index (κ1) is 10.5. The van der Waals surface area contributed by atoms with Crippen LogP contribution in [0.5, 0.6) is 0 Å². The number of rotatable bonds is 2. The van der Waals surface area contributed by atoms with Gasteiger partial charge in [0, 0.05) is 16.5 Å². The zero-order chi connectivity index (χ0) is 10.8. The maximum atomic E-state index is 12.9. The van der Waals surface area contributed by atoms with Gasteiger partial charge in [0.15, 0.2) is 5.78 Å². The Morgan fingerprint density at radius 1 is 1.27 bits per heavy atom. The van der Waals surface area contributed by atoms with Crippen molar-refractivity contribution in [3.63, 3.8) is 0 Å². The summed E-state index contributed by atoms with van der Waals surface area (Å²) in [7, 11) is 0. The number of hydrogen-bond acceptors (Lipinski definition) is 2. The van der Waals surface area contributed by atoms with Crippen molar-refractivity contribution >= 4 is 33.0 Å². The van der Waals surface area contributed by atoms with Crippen LogP contribution < -0.4 is 0 Å². The van der Waals surface area contributed by atoms with Crippen LogP contribution in [-0.4, -0.2) is 5.78 Å². The van der Waals surface area contributed by atoms with E-state index < -0.39 is 5.82 Å². The molecule has 0 aliphatic rings. The fourth-order valence-corrected chi connectivity index (χ4v) is 2.36. The monoisotopic (exact) mass is 284 g/mol. The molecule has 1 heterocycles. The lowest BCUT2D eigenvalue weighted by molar-refractivity contribution is 0.103. The molecule has 2 rings (SSSR count). The molecular weight excluding hydrogens is 279 g/mol. The number of hydrogen-bond donors (Lipinski definition) is 0. The minimum Gasteiger partial charge on any atom is -0.289 e. The van der Waals surface area contributed by atoms with Gasteiger partial charge < -0.3 is 0 Å². The van der Waals surface area contributed by atoms with Gasteiger partial charge in [0.2, 0.25) is 0 Å². The summed E-state index contributed by atoms with van der Waals surface area (Å²) in [5.41, 5.74) is 0.956. The standard InChI is InChI=1S/C11H6BrFOS/c12-10-5-8(6-15-10)11(14)7-2-1-3-9(13)4-7/h1-6H. The van der Waals surface area contributed by atoms with Crippen molar-refractivity contribution in [3.8, 4) is 0 Å². The molecule has 0 unspecified atom stereocenters. The third kappa shape index (κ3) is 2.33. The molecule has 4 heteroatoms. The van der Waals surface area contributed by atoms with Crippen molar-refractivity contribution in [2.24, 2.45) is 0 Å². The van der Waals surface area contributed by atoms with Gasteiger partial charge in [0.05, 0.1) is 3.79 Å². The first-order valence-electron chi connectivity index (χ1n) is 4.21. The molecule has 0 amide bonds. The normalized spacial score (nSPS) is 10.3. The highest BCUT2D eigenvalue weighted by atomic mass is 79.9.